The van der Waals surface area contributed by atoms with E-state index in [-0.39, 0.29) is 23.8 Å². The minimum atomic E-state index is -0.455. The molecular formula is C9H13N3O3S. The molecule has 1 aliphatic heterocycles. The van der Waals surface area contributed by atoms with E-state index in [0.29, 0.717) is 6.42 Å². The number of nitrogen functional groups attached to an aromatic ring is 1. The molecule has 3 unspecified atom stereocenters. The van der Waals surface area contributed by atoms with Crippen LogP contribution in [0, 0.1) is 0 Å². The zero-order valence-electron chi connectivity index (χ0n) is 8.48. The third-order valence-electron chi connectivity index (χ3n) is 2.55. The van der Waals surface area contributed by atoms with Crippen molar-refractivity contribution in [3.05, 3.63) is 22.7 Å². The molecular weight excluding hydrogens is 230 g/mol. The quantitative estimate of drug-likeness (QED) is 0.604. The SMILES string of the molecule is Nc1ccn(C2CC(S)C(CO)O2)c(=O)n1. The minimum Gasteiger partial charge on any atom is -0.394 e. The maximum absolute atomic E-state index is 11.5. The van der Waals surface area contributed by atoms with Crippen LogP contribution in [0.15, 0.2) is 17.1 Å². The highest BCUT2D eigenvalue weighted by Gasteiger charge is 2.33. The Morgan fingerprint density at radius 3 is 3.06 bits per heavy atom. The highest BCUT2D eigenvalue weighted by atomic mass is 32.1. The maximum Gasteiger partial charge on any atom is 0.351 e. The summed E-state index contributed by atoms with van der Waals surface area (Å²) in [5.41, 5.74) is 4.93. The summed E-state index contributed by atoms with van der Waals surface area (Å²) in [4.78, 5) is 15.1. The second-order valence-electron chi connectivity index (χ2n) is 3.66. The number of nitrogens with two attached hydrogens (primary N) is 1. The smallest absolute Gasteiger partial charge is 0.351 e. The molecule has 3 N–H and O–H groups in total. The maximum atomic E-state index is 11.5. The van der Waals surface area contributed by atoms with Crippen LogP contribution in [0.25, 0.3) is 0 Å². The predicted octanol–water partition coefficient (Wildman–Crippen LogP) is -0.596. The summed E-state index contributed by atoms with van der Waals surface area (Å²) in [7, 11) is 0. The van der Waals surface area contributed by atoms with Gasteiger partial charge in [0.2, 0.25) is 0 Å². The Morgan fingerprint density at radius 1 is 1.75 bits per heavy atom. The van der Waals surface area contributed by atoms with E-state index in [2.05, 4.69) is 17.6 Å². The summed E-state index contributed by atoms with van der Waals surface area (Å²) >= 11 is 4.29. The van der Waals surface area contributed by atoms with Crippen LogP contribution in [0.3, 0.4) is 0 Å². The number of hydrogen-bond acceptors (Lipinski definition) is 6. The van der Waals surface area contributed by atoms with Crippen LogP contribution in [0.1, 0.15) is 12.6 Å². The fraction of sp³-hybridized carbons (Fsp3) is 0.556. The predicted molar refractivity (Wildman–Crippen MR) is 61.3 cm³/mol. The number of hydrogen-bond donors (Lipinski definition) is 3. The first-order valence-electron chi connectivity index (χ1n) is 4.91. The number of aromatic nitrogens is 2. The number of aliphatic hydroxyl groups excluding tert-OH is 1. The van der Waals surface area contributed by atoms with Gasteiger partial charge in [0, 0.05) is 17.9 Å². The number of thiol groups is 1. The molecule has 7 heteroatoms. The second-order valence-corrected chi connectivity index (χ2v) is 4.32. The summed E-state index contributed by atoms with van der Waals surface area (Å²) in [6.07, 6.45) is 1.31. The molecule has 0 spiro atoms. The molecule has 16 heavy (non-hydrogen) atoms. The molecule has 3 atom stereocenters. The van der Waals surface area contributed by atoms with Gasteiger partial charge >= 0.3 is 5.69 Å². The molecule has 0 aromatic carbocycles. The third-order valence-corrected chi connectivity index (χ3v) is 3.09. The Morgan fingerprint density at radius 2 is 2.50 bits per heavy atom. The highest BCUT2D eigenvalue weighted by molar-refractivity contribution is 7.81. The van der Waals surface area contributed by atoms with Crippen LogP contribution in [0.5, 0.6) is 0 Å². The molecule has 1 aromatic rings. The van der Waals surface area contributed by atoms with Crippen molar-refractivity contribution in [3.8, 4) is 0 Å². The van der Waals surface area contributed by atoms with Gasteiger partial charge in [0.25, 0.3) is 0 Å². The molecule has 2 heterocycles. The third kappa shape index (κ3) is 2.06. The van der Waals surface area contributed by atoms with Gasteiger partial charge in [-0.15, -0.1) is 0 Å². The van der Waals surface area contributed by atoms with E-state index in [1.807, 2.05) is 0 Å². The molecule has 1 aliphatic rings. The van der Waals surface area contributed by atoms with E-state index in [4.69, 9.17) is 15.6 Å². The molecule has 0 amide bonds. The second kappa shape index (κ2) is 4.44. The minimum absolute atomic E-state index is 0.0838. The Balaban J connectivity index is 2.23. The van der Waals surface area contributed by atoms with Gasteiger partial charge < -0.3 is 15.6 Å². The first-order chi connectivity index (χ1) is 7.61. The molecule has 1 saturated heterocycles. The van der Waals surface area contributed by atoms with E-state index >= 15 is 0 Å². The summed E-state index contributed by atoms with van der Waals surface area (Å²) in [5, 5.41) is 8.93. The number of anilines is 1. The van der Waals surface area contributed by atoms with Crippen LogP contribution in [-0.2, 0) is 4.74 Å². The largest absolute Gasteiger partial charge is 0.394 e. The first kappa shape index (κ1) is 11.4. The van der Waals surface area contributed by atoms with E-state index in [0.717, 1.165) is 0 Å². The topological polar surface area (TPSA) is 90.4 Å². The van der Waals surface area contributed by atoms with Crippen molar-refractivity contribution in [1.82, 2.24) is 9.55 Å². The van der Waals surface area contributed by atoms with Crippen molar-refractivity contribution < 1.29 is 9.84 Å². The molecule has 6 nitrogen and oxygen atoms in total. The Hall–Kier alpha value is -1.05. The van der Waals surface area contributed by atoms with E-state index in [1.54, 1.807) is 0 Å². The lowest BCUT2D eigenvalue weighted by atomic mass is 10.2. The average molecular weight is 243 g/mol. The number of nitrogens with zero attached hydrogens (tertiary/aromatic N) is 2. The zero-order valence-corrected chi connectivity index (χ0v) is 9.38. The van der Waals surface area contributed by atoms with Crippen LogP contribution >= 0.6 is 12.6 Å². The van der Waals surface area contributed by atoms with Gasteiger partial charge in [-0.05, 0) is 6.07 Å². The monoisotopic (exact) mass is 243 g/mol. The lowest BCUT2D eigenvalue weighted by Gasteiger charge is -2.14. The summed E-state index contributed by atoms with van der Waals surface area (Å²) in [6.45, 7) is -0.109. The Bertz CT molecular complexity index is 436. The van der Waals surface area contributed by atoms with Crippen LogP contribution in [0.2, 0.25) is 0 Å². The van der Waals surface area contributed by atoms with Crippen LogP contribution in [0.4, 0.5) is 5.82 Å². The van der Waals surface area contributed by atoms with Gasteiger partial charge in [-0.3, -0.25) is 4.57 Å². The molecule has 0 bridgehead atoms. The van der Waals surface area contributed by atoms with E-state index in [9.17, 15) is 4.79 Å². The Kier molecular flexibility index (Phi) is 3.17. The molecule has 1 fully saturated rings. The van der Waals surface area contributed by atoms with Gasteiger partial charge in [0.1, 0.15) is 12.0 Å². The molecule has 0 saturated carbocycles. The molecule has 0 aliphatic carbocycles. The molecule has 1 aromatic heterocycles. The van der Waals surface area contributed by atoms with E-state index < -0.39 is 11.9 Å². The van der Waals surface area contributed by atoms with Crippen LogP contribution in [-0.4, -0.2) is 32.6 Å². The van der Waals surface area contributed by atoms with Crippen molar-refractivity contribution in [2.24, 2.45) is 0 Å². The Labute approximate surface area is 97.5 Å². The summed E-state index contributed by atoms with van der Waals surface area (Å²) < 4.78 is 6.84. The van der Waals surface area contributed by atoms with Crippen molar-refractivity contribution in [2.75, 3.05) is 12.3 Å². The normalized spacial score (nSPS) is 29.5. The van der Waals surface area contributed by atoms with Crippen molar-refractivity contribution in [3.63, 3.8) is 0 Å². The highest BCUT2D eigenvalue weighted by Crippen LogP contribution is 2.30. The van der Waals surface area contributed by atoms with Gasteiger partial charge in [-0.25, -0.2) is 4.79 Å². The summed E-state index contributed by atoms with van der Waals surface area (Å²) in [6, 6.07) is 1.53. The fourth-order valence-corrected chi connectivity index (χ4v) is 2.04. The van der Waals surface area contributed by atoms with Crippen molar-refractivity contribution in [2.45, 2.75) is 24.0 Å². The van der Waals surface area contributed by atoms with Crippen LogP contribution < -0.4 is 11.4 Å². The average Bonchev–Trinajstić information content (AvgIpc) is 2.59. The summed E-state index contributed by atoms with van der Waals surface area (Å²) in [5.74, 6) is 0.181. The molecule has 0 radical (unpaired) electrons. The van der Waals surface area contributed by atoms with Gasteiger partial charge in [-0.1, -0.05) is 0 Å². The first-order valence-corrected chi connectivity index (χ1v) is 5.42. The number of rotatable bonds is 2. The lowest BCUT2D eigenvalue weighted by Crippen LogP contribution is -2.27. The lowest BCUT2D eigenvalue weighted by molar-refractivity contribution is -0.0236. The fourth-order valence-electron chi connectivity index (χ4n) is 1.70. The zero-order chi connectivity index (χ0) is 11.7. The molecule has 88 valence electrons. The van der Waals surface area contributed by atoms with Gasteiger partial charge in [-0.2, -0.15) is 17.6 Å². The molecule has 2 rings (SSSR count). The van der Waals surface area contributed by atoms with E-state index in [1.165, 1.54) is 16.8 Å². The number of aliphatic hydroxyl groups is 1. The van der Waals surface area contributed by atoms with Gasteiger partial charge in [0.15, 0.2) is 0 Å². The number of ether oxygens (including phenoxy) is 1. The standard InChI is InChI=1S/C9H13N3O3S/c10-7-1-2-12(9(14)11-7)8-3-6(16)5(4-13)15-8/h1-2,5-6,8,13,16H,3-4H2,(H2,10,11,14). The van der Waals surface area contributed by atoms with Crippen molar-refractivity contribution >= 4 is 18.4 Å². The van der Waals surface area contributed by atoms with Gasteiger partial charge in [0.05, 0.1) is 12.7 Å². The van der Waals surface area contributed by atoms with Crippen molar-refractivity contribution in [1.29, 1.82) is 0 Å².